The van der Waals surface area contributed by atoms with Crippen LogP contribution >= 0.6 is 23.2 Å². The van der Waals surface area contributed by atoms with E-state index in [1.54, 1.807) is 19.4 Å². The molecular formula is C13H11Cl2FN2O. The van der Waals surface area contributed by atoms with E-state index in [1.165, 1.54) is 12.1 Å². The molecule has 100 valence electrons. The van der Waals surface area contributed by atoms with Gasteiger partial charge in [0.1, 0.15) is 5.82 Å². The first-order valence-electron chi connectivity index (χ1n) is 5.47. The fraction of sp³-hybridized carbons (Fsp3) is 0.154. The Kier molecular flexibility index (Phi) is 4.45. The molecule has 0 saturated heterocycles. The summed E-state index contributed by atoms with van der Waals surface area (Å²) in [7, 11) is 1.55. The number of halogens is 3. The molecule has 0 aliphatic carbocycles. The van der Waals surface area contributed by atoms with E-state index in [9.17, 15) is 4.39 Å². The van der Waals surface area contributed by atoms with Gasteiger partial charge in [0.15, 0.2) is 0 Å². The lowest BCUT2D eigenvalue weighted by Crippen LogP contribution is -2.01. The summed E-state index contributed by atoms with van der Waals surface area (Å²) in [4.78, 5) is 4.08. The zero-order valence-corrected chi connectivity index (χ0v) is 11.6. The third kappa shape index (κ3) is 3.49. The van der Waals surface area contributed by atoms with E-state index in [1.807, 2.05) is 6.07 Å². The standard InChI is InChI=1S/C13H11Cl2FN2O/c1-19-12-3-2-8(6-17-12)7-18-13-10(14)4-9(16)5-11(13)15/h2-6,18H,7H2,1H3. The van der Waals surface area contributed by atoms with E-state index >= 15 is 0 Å². The summed E-state index contributed by atoms with van der Waals surface area (Å²) in [5.41, 5.74) is 1.43. The van der Waals surface area contributed by atoms with Crippen molar-refractivity contribution in [3.05, 3.63) is 51.9 Å². The van der Waals surface area contributed by atoms with Crippen LogP contribution in [0.5, 0.6) is 5.88 Å². The number of nitrogens with one attached hydrogen (secondary N) is 1. The van der Waals surface area contributed by atoms with Crippen LogP contribution in [0, 0.1) is 5.82 Å². The van der Waals surface area contributed by atoms with Crippen molar-refractivity contribution in [3.8, 4) is 5.88 Å². The van der Waals surface area contributed by atoms with Gasteiger partial charge in [0.25, 0.3) is 0 Å². The van der Waals surface area contributed by atoms with Gasteiger partial charge in [-0.05, 0) is 17.7 Å². The van der Waals surface area contributed by atoms with Crippen LogP contribution in [0.25, 0.3) is 0 Å². The molecule has 2 aromatic rings. The van der Waals surface area contributed by atoms with E-state index in [0.29, 0.717) is 18.1 Å². The summed E-state index contributed by atoms with van der Waals surface area (Å²) >= 11 is 11.9. The third-order valence-electron chi connectivity index (χ3n) is 2.48. The Balaban J connectivity index is 2.10. The second-order valence-electron chi connectivity index (χ2n) is 3.81. The van der Waals surface area contributed by atoms with E-state index in [2.05, 4.69) is 10.3 Å². The highest BCUT2D eigenvalue weighted by Crippen LogP contribution is 2.31. The Morgan fingerprint density at radius 3 is 2.47 bits per heavy atom. The lowest BCUT2D eigenvalue weighted by molar-refractivity contribution is 0.397. The summed E-state index contributed by atoms with van der Waals surface area (Å²) < 4.78 is 18.0. The van der Waals surface area contributed by atoms with Gasteiger partial charge in [-0.3, -0.25) is 0 Å². The molecule has 6 heteroatoms. The predicted octanol–water partition coefficient (Wildman–Crippen LogP) is 4.15. The summed E-state index contributed by atoms with van der Waals surface area (Å²) in [6, 6.07) is 6.04. The maximum atomic E-state index is 13.0. The molecule has 19 heavy (non-hydrogen) atoms. The van der Waals surface area contributed by atoms with Crippen molar-refractivity contribution in [1.29, 1.82) is 0 Å². The van der Waals surface area contributed by atoms with Gasteiger partial charge >= 0.3 is 0 Å². The maximum absolute atomic E-state index is 13.0. The Morgan fingerprint density at radius 1 is 1.26 bits per heavy atom. The summed E-state index contributed by atoms with van der Waals surface area (Å²) in [5.74, 6) is 0.0771. The molecule has 1 aromatic heterocycles. The quantitative estimate of drug-likeness (QED) is 0.921. The van der Waals surface area contributed by atoms with E-state index in [-0.39, 0.29) is 10.0 Å². The molecule has 1 heterocycles. The van der Waals surface area contributed by atoms with Gasteiger partial charge in [-0.25, -0.2) is 9.37 Å². The molecule has 0 radical (unpaired) electrons. The van der Waals surface area contributed by atoms with Gasteiger partial charge in [0.05, 0.1) is 22.8 Å². The molecule has 0 fully saturated rings. The molecule has 3 nitrogen and oxygen atoms in total. The van der Waals surface area contributed by atoms with E-state index < -0.39 is 5.82 Å². The fourth-order valence-electron chi connectivity index (χ4n) is 1.54. The first-order chi connectivity index (χ1) is 9.10. The van der Waals surface area contributed by atoms with Gasteiger partial charge in [-0.2, -0.15) is 0 Å². The minimum Gasteiger partial charge on any atom is -0.481 e. The molecule has 0 aliphatic heterocycles. The fourth-order valence-corrected chi connectivity index (χ4v) is 2.13. The Bertz CT molecular complexity index is 552. The molecular weight excluding hydrogens is 290 g/mol. The zero-order chi connectivity index (χ0) is 13.8. The second kappa shape index (κ2) is 6.08. The van der Waals surface area contributed by atoms with Crippen molar-refractivity contribution < 1.29 is 9.13 Å². The minimum absolute atomic E-state index is 0.242. The molecule has 2 rings (SSSR count). The lowest BCUT2D eigenvalue weighted by atomic mass is 10.2. The highest BCUT2D eigenvalue weighted by molar-refractivity contribution is 6.39. The molecule has 0 bridgehead atoms. The number of aromatic nitrogens is 1. The summed E-state index contributed by atoms with van der Waals surface area (Å²) in [5, 5.41) is 3.54. The topological polar surface area (TPSA) is 34.1 Å². The monoisotopic (exact) mass is 300 g/mol. The van der Waals surface area contributed by atoms with Crippen LogP contribution in [-0.4, -0.2) is 12.1 Å². The van der Waals surface area contributed by atoms with Crippen molar-refractivity contribution in [2.45, 2.75) is 6.54 Å². The molecule has 1 N–H and O–H groups in total. The van der Waals surface area contributed by atoms with Crippen LogP contribution in [0.3, 0.4) is 0 Å². The van der Waals surface area contributed by atoms with Gasteiger partial charge in [0.2, 0.25) is 5.88 Å². The first kappa shape index (κ1) is 13.9. The molecule has 0 saturated carbocycles. The van der Waals surface area contributed by atoms with Gasteiger partial charge < -0.3 is 10.1 Å². The van der Waals surface area contributed by atoms with Crippen LogP contribution in [0.1, 0.15) is 5.56 Å². The van der Waals surface area contributed by atoms with Crippen molar-refractivity contribution in [1.82, 2.24) is 4.98 Å². The van der Waals surface area contributed by atoms with E-state index in [4.69, 9.17) is 27.9 Å². The predicted molar refractivity (Wildman–Crippen MR) is 74.5 cm³/mol. The maximum Gasteiger partial charge on any atom is 0.212 e. The van der Waals surface area contributed by atoms with Crippen molar-refractivity contribution >= 4 is 28.9 Å². The highest BCUT2D eigenvalue weighted by Gasteiger charge is 2.08. The van der Waals surface area contributed by atoms with Gasteiger partial charge in [-0.15, -0.1) is 0 Å². The van der Waals surface area contributed by atoms with Crippen molar-refractivity contribution in [2.24, 2.45) is 0 Å². The number of hydrogen-bond donors (Lipinski definition) is 1. The SMILES string of the molecule is COc1ccc(CNc2c(Cl)cc(F)cc2Cl)cn1. The first-order valence-corrected chi connectivity index (χ1v) is 6.23. The van der Waals surface area contributed by atoms with Gasteiger partial charge in [0, 0.05) is 18.8 Å². The van der Waals surface area contributed by atoms with Crippen molar-refractivity contribution in [3.63, 3.8) is 0 Å². The molecule has 0 aliphatic rings. The number of nitrogens with zero attached hydrogens (tertiary/aromatic N) is 1. The van der Waals surface area contributed by atoms with Crippen LogP contribution in [0.2, 0.25) is 10.0 Å². The largest absolute Gasteiger partial charge is 0.481 e. The highest BCUT2D eigenvalue weighted by atomic mass is 35.5. The summed E-state index contributed by atoms with van der Waals surface area (Å²) in [6.07, 6.45) is 1.68. The number of methoxy groups -OCH3 is 1. The minimum atomic E-state index is -0.466. The average Bonchev–Trinajstić information content (AvgIpc) is 2.38. The smallest absolute Gasteiger partial charge is 0.212 e. The number of pyridine rings is 1. The van der Waals surface area contributed by atoms with E-state index in [0.717, 1.165) is 5.56 Å². The van der Waals surface area contributed by atoms with Crippen LogP contribution in [0.15, 0.2) is 30.5 Å². The normalized spacial score (nSPS) is 10.3. The Hall–Kier alpha value is -1.52. The molecule has 1 aromatic carbocycles. The molecule has 0 unspecified atom stereocenters. The van der Waals surface area contributed by atoms with Crippen LogP contribution < -0.4 is 10.1 Å². The molecule has 0 spiro atoms. The zero-order valence-electron chi connectivity index (χ0n) is 10.1. The summed E-state index contributed by atoms with van der Waals surface area (Å²) in [6.45, 7) is 0.474. The van der Waals surface area contributed by atoms with Crippen molar-refractivity contribution in [2.75, 3.05) is 12.4 Å². The number of benzene rings is 1. The number of rotatable bonds is 4. The molecule has 0 atom stereocenters. The number of anilines is 1. The third-order valence-corrected chi connectivity index (χ3v) is 3.08. The average molecular weight is 301 g/mol. The molecule has 0 amide bonds. The number of hydrogen-bond acceptors (Lipinski definition) is 3. The Labute approximate surface area is 120 Å². The van der Waals surface area contributed by atoms with Crippen LogP contribution in [0.4, 0.5) is 10.1 Å². The lowest BCUT2D eigenvalue weighted by Gasteiger charge is -2.10. The van der Waals surface area contributed by atoms with Crippen LogP contribution in [-0.2, 0) is 6.54 Å². The number of ether oxygens (including phenoxy) is 1. The van der Waals surface area contributed by atoms with Gasteiger partial charge in [-0.1, -0.05) is 29.3 Å². The Morgan fingerprint density at radius 2 is 1.95 bits per heavy atom. The second-order valence-corrected chi connectivity index (χ2v) is 4.62.